The molecule has 0 atom stereocenters. The minimum absolute atomic E-state index is 0.0246. The van der Waals surface area contributed by atoms with Crippen molar-refractivity contribution in [2.45, 2.75) is 26.7 Å². The van der Waals surface area contributed by atoms with E-state index in [-0.39, 0.29) is 39.3 Å². The highest BCUT2D eigenvalue weighted by Gasteiger charge is 2.10. The van der Waals surface area contributed by atoms with Crippen LogP contribution >= 0.6 is 23.5 Å². The van der Waals surface area contributed by atoms with Crippen LogP contribution in [0.15, 0.2) is 0 Å². The second-order valence-corrected chi connectivity index (χ2v) is 6.40. The first-order chi connectivity index (χ1) is 11.5. The van der Waals surface area contributed by atoms with E-state index in [1.165, 1.54) is 0 Å². The highest BCUT2D eigenvalue weighted by Crippen LogP contribution is 2.04. The average Bonchev–Trinajstić information content (AvgIpc) is 2.54. The Labute approximate surface area is 149 Å². The summed E-state index contributed by atoms with van der Waals surface area (Å²) >= 11 is 2.05. The SMILES string of the molecule is CCSC(=O)OCCOC(=O)CCC(=O)OCCOC(=O)SCC. The van der Waals surface area contributed by atoms with Crippen LogP contribution in [-0.4, -0.2) is 60.5 Å². The first-order valence-corrected chi connectivity index (χ1v) is 9.37. The topological polar surface area (TPSA) is 105 Å². The van der Waals surface area contributed by atoms with E-state index in [1.807, 2.05) is 13.8 Å². The predicted molar refractivity (Wildman–Crippen MR) is 90.1 cm³/mol. The van der Waals surface area contributed by atoms with Gasteiger partial charge in [0.1, 0.15) is 26.4 Å². The van der Waals surface area contributed by atoms with Gasteiger partial charge in [-0.3, -0.25) is 9.59 Å². The molecule has 8 nitrogen and oxygen atoms in total. The summed E-state index contributed by atoms with van der Waals surface area (Å²) in [6.45, 7) is 3.47. The zero-order chi connectivity index (χ0) is 18.2. The van der Waals surface area contributed by atoms with Crippen LogP contribution in [0.1, 0.15) is 26.7 Å². The summed E-state index contributed by atoms with van der Waals surface area (Å²) in [4.78, 5) is 44.7. The van der Waals surface area contributed by atoms with E-state index in [0.717, 1.165) is 23.5 Å². The molecule has 10 heteroatoms. The third-order valence-corrected chi connectivity index (χ3v) is 3.47. The van der Waals surface area contributed by atoms with E-state index in [9.17, 15) is 19.2 Å². The van der Waals surface area contributed by atoms with Crippen molar-refractivity contribution in [1.29, 1.82) is 0 Å². The van der Waals surface area contributed by atoms with Gasteiger partial charge in [0.25, 0.3) is 0 Å². The van der Waals surface area contributed by atoms with Crippen LogP contribution in [0, 0.1) is 0 Å². The van der Waals surface area contributed by atoms with Gasteiger partial charge in [-0.1, -0.05) is 13.8 Å². The van der Waals surface area contributed by atoms with Gasteiger partial charge in [-0.2, -0.15) is 0 Å². The number of carbonyl (C=O) groups is 4. The summed E-state index contributed by atoms with van der Waals surface area (Å²) in [5, 5.41) is -0.842. The number of hydrogen-bond donors (Lipinski definition) is 0. The highest BCUT2D eigenvalue weighted by molar-refractivity contribution is 8.13. The Morgan fingerprint density at radius 3 is 1.29 bits per heavy atom. The molecule has 24 heavy (non-hydrogen) atoms. The van der Waals surface area contributed by atoms with Crippen LogP contribution in [0.4, 0.5) is 9.59 Å². The molecule has 0 heterocycles. The molecule has 0 aliphatic heterocycles. The summed E-state index contributed by atoms with van der Waals surface area (Å²) < 4.78 is 19.1. The molecule has 0 rings (SSSR count). The van der Waals surface area contributed by atoms with Crippen LogP contribution in [-0.2, 0) is 28.5 Å². The Balaban J connectivity index is 3.56. The largest absolute Gasteiger partial charge is 0.462 e. The third-order valence-electron chi connectivity index (χ3n) is 2.19. The fourth-order valence-corrected chi connectivity index (χ4v) is 2.03. The summed E-state index contributed by atoms with van der Waals surface area (Å²) in [5.74, 6) is 0.0446. The summed E-state index contributed by atoms with van der Waals surface area (Å²) in [6.07, 6.45) is -0.274. The number of rotatable bonds is 11. The van der Waals surface area contributed by atoms with Crippen molar-refractivity contribution in [2.75, 3.05) is 37.9 Å². The quantitative estimate of drug-likeness (QED) is 0.301. The Kier molecular flexibility index (Phi) is 14.2. The van der Waals surface area contributed by atoms with Crippen molar-refractivity contribution in [3.63, 3.8) is 0 Å². The number of hydrogen-bond acceptors (Lipinski definition) is 10. The maximum absolute atomic E-state index is 11.4. The average molecular weight is 382 g/mol. The lowest BCUT2D eigenvalue weighted by Crippen LogP contribution is -2.15. The summed E-state index contributed by atoms with van der Waals surface area (Å²) in [7, 11) is 0. The van der Waals surface area contributed by atoms with E-state index in [4.69, 9.17) is 18.9 Å². The fourth-order valence-electron chi connectivity index (χ4n) is 1.23. The molecule has 0 saturated heterocycles. The molecule has 0 bridgehead atoms. The van der Waals surface area contributed by atoms with Crippen molar-refractivity contribution < 1.29 is 38.1 Å². The molecule has 0 amide bonds. The second kappa shape index (κ2) is 15.1. The zero-order valence-corrected chi connectivity index (χ0v) is 15.4. The summed E-state index contributed by atoms with van der Waals surface area (Å²) in [5.41, 5.74) is 0. The maximum Gasteiger partial charge on any atom is 0.367 e. The van der Waals surface area contributed by atoms with Crippen molar-refractivity contribution in [2.24, 2.45) is 0 Å². The lowest BCUT2D eigenvalue weighted by Gasteiger charge is -2.07. The van der Waals surface area contributed by atoms with Gasteiger partial charge in [-0.25, -0.2) is 9.59 Å². The molecule has 0 aromatic rings. The van der Waals surface area contributed by atoms with E-state index in [0.29, 0.717) is 11.5 Å². The van der Waals surface area contributed by atoms with Crippen molar-refractivity contribution in [3.05, 3.63) is 0 Å². The Morgan fingerprint density at radius 1 is 0.625 bits per heavy atom. The molecule has 0 aromatic carbocycles. The highest BCUT2D eigenvalue weighted by atomic mass is 32.2. The van der Waals surface area contributed by atoms with Gasteiger partial charge in [0.2, 0.25) is 0 Å². The second-order valence-electron chi connectivity index (χ2n) is 4.00. The smallest absolute Gasteiger partial charge is 0.367 e. The van der Waals surface area contributed by atoms with E-state index >= 15 is 0 Å². The lowest BCUT2D eigenvalue weighted by molar-refractivity contribution is -0.151. The van der Waals surface area contributed by atoms with Crippen molar-refractivity contribution >= 4 is 46.1 Å². The molecule has 0 aromatic heterocycles. The van der Waals surface area contributed by atoms with Gasteiger partial charge in [0.15, 0.2) is 0 Å². The molecule has 0 N–H and O–H groups in total. The lowest BCUT2D eigenvalue weighted by atomic mass is 10.3. The van der Waals surface area contributed by atoms with Crippen molar-refractivity contribution in [3.8, 4) is 0 Å². The monoisotopic (exact) mass is 382 g/mol. The molecule has 0 saturated carbocycles. The van der Waals surface area contributed by atoms with E-state index < -0.39 is 22.5 Å². The number of carbonyl (C=O) groups excluding carboxylic acids is 4. The van der Waals surface area contributed by atoms with Gasteiger partial charge in [0, 0.05) is 11.5 Å². The van der Waals surface area contributed by atoms with Gasteiger partial charge in [0.05, 0.1) is 12.8 Å². The zero-order valence-electron chi connectivity index (χ0n) is 13.7. The van der Waals surface area contributed by atoms with Gasteiger partial charge < -0.3 is 18.9 Å². The minimum atomic E-state index is -0.586. The molecule has 0 radical (unpaired) electrons. The fraction of sp³-hybridized carbons (Fsp3) is 0.714. The van der Waals surface area contributed by atoms with Crippen LogP contribution in [0.2, 0.25) is 0 Å². The normalized spacial score (nSPS) is 9.92. The first-order valence-electron chi connectivity index (χ1n) is 7.39. The van der Waals surface area contributed by atoms with Crippen LogP contribution in [0.25, 0.3) is 0 Å². The molecular weight excluding hydrogens is 360 g/mol. The minimum Gasteiger partial charge on any atom is -0.462 e. The number of ether oxygens (including phenoxy) is 4. The van der Waals surface area contributed by atoms with Crippen LogP contribution in [0.3, 0.4) is 0 Å². The van der Waals surface area contributed by atoms with Gasteiger partial charge >= 0.3 is 22.5 Å². The van der Waals surface area contributed by atoms with Crippen molar-refractivity contribution in [1.82, 2.24) is 0 Å². The Bertz CT molecular complexity index is 376. The Morgan fingerprint density at radius 2 is 0.958 bits per heavy atom. The van der Waals surface area contributed by atoms with Gasteiger partial charge in [-0.05, 0) is 23.5 Å². The predicted octanol–water partition coefficient (Wildman–Crippen LogP) is 2.63. The molecule has 0 fully saturated rings. The van der Waals surface area contributed by atoms with Crippen LogP contribution < -0.4 is 0 Å². The third kappa shape index (κ3) is 14.2. The molecule has 0 spiro atoms. The molecular formula is C14H22O8S2. The number of esters is 2. The Hall–Kier alpha value is -1.42. The van der Waals surface area contributed by atoms with E-state index in [1.54, 1.807) is 0 Å². The number of thioether (sulfide) groups is 2. The van der Waals surface area contributed by atoms with E-state index in [2.05, 4.69) is 0 Å². The van der Waals surface area contributed by atoms with Crippen LogP contribution in [0.5, 0.6) is 0 Å². The first kappa shape index (κ1) is 22.6. The van der Waals surface area contributed by atoms with Gasteiger partial charge in [-0.15, -0.1) is 0 Å². The summed E-state index contributed by atoms with van der Waals surface area (Å²) in [6, 6.07) is 0. The molecule has 0 aliphatic carbocycles. The maximum atomic E-state index is 11.4. The standard InChI is InChI=1S/C14H22O8S2/c1-3-23-13(17)21-9-7-19-11(15)5-6-12(16)20-8-10-22-14(18)24-4-2/h3-10H2,1-2H3. The molecule has 0 aliphatic rings. The molecule has 0 unspecified atom stereocenters. The molecule has 138 valence electrons.